The number of carbonyl (C=O) groups excluding carboxylic acids is 1. The monoisotopic (exact) mass is 206 g/mol. The molecular weight excluding hydrogens is 201 g/mol. The fourth-order valence-electron chi connectivity index (χ4n) is 0.676. The van der Waals surface area contributed by atoms with Crippen molar-refractivity contribution in [3.63, 3.8) is 0 Å². The molecule has 0 saturated heterocycles. The van der Waals surface area contributed by atoms with E-state index in [-0.39, 0.29) is 0 Å². The fraction of sp³-hybridized carbons (Fsp3) is 0.286. The average molecular weight is 206 g/mol. The van der Waals surface area contributed by atoms with E-state index in [4.69, 9.17) is 0 Å². The summed E-state index contributed by atoms with van der Waals surface area (Å²) in [6.07, 6.45) is -3.70. The molecule has 4 nitrogen and oxygen atoms in total. The van der Waals surface area contributed by atoms with Crippen molar-refractivity contribution in [1.29, 1.82) is 0 Å². The Bertz CT molecular complexity index is 351. The number of aromatic nitrogens is 2. The van der Waals surface area contributed by atoms with Gasteiger partial charge in [-0.2, -0.15) is 18.2 Å². The molecular formula is C7H5F3N2O2. The van der Waals surface area contributed by atoms with Crippen LogP contribution < -0.4 is 4.74 Å². The quantitative estimate of drug-likeness (QED) is 0.652. The number of hydrogen-bond acceptors (Lipinski definition) is 4. The molecule has 0 aliphatic carbocycles. The first-order valence-electron chi connectivity index (χ1n) is 3.48. The fourth-order valence-corrected chi connectivity index (χ4v) is 0.676. The van der Waals surface area contributed by atoms with E-state index >= 15 is 0 Å². The van der Waals surface area contributed by atoms with Crippen LogP contribution in [-0.2, 0) is 11.0 Å². The van der Waals surface area contributed by atoms with E-state index in [1.165, 1.54) is 0 Å². The summed E-state index contributed by atoms with van der Waals surface area (Å²) in [4.78, 5) is 16.7. The van der Waals surface area contributed by atoms with Crippen molar-refractivity contribution in [2.45, 2.75) is 13.1 Å². The van der Waals surface area contributed by atoms with E-state index in [0.717, 1.165) is 13.1 Å². The molecule has 76 valence electrons. The molecule has 0 aliphatic rings. The van der Waals surface area contributed by atoms with Gasteiger partial charge in [0.1, 0.15) is 0 Å². The smallest absolute Gasteiger partial charge is 0.391 e. The molecule has 1 heterocycles. The predicted molar refractivity (Wildman–Crippen MR) is 38.3 cm³/mol. The summed E-state index contributed by atoms with van der Waals surface area (Å²) in [6.45, 7) is 1.05. The number of nitrogens with zero attached hydrogens (tertiary/aromatic N) is 2. The van der Waals surface area contributed by atoms with Crippen molar-refractivity contribution in [2.75, 3.05) is 0 Å². The van der Waals surface area contributed by atoms with Crippen LogP contribution in [0.3, 0.4) is 0 Å². The third-order valence-electron chi connectivity index (χ3n) is 1.16. The zero-order valence-electron chi connectivity index (χ0n) is 7.00. The Morgan fingerprint density at radius 3 is 2.64 bits per heavy atom. The highest BCUT2D eigenvalue weighted by molar-refractivity contribution is 5.68. The van der Waals surface area contributed by atoms with E-state index in [1.54, 1.807) is 0 Å². The van der Waals surface area contributed by atoms with Crippen molar-refractivity contribution in [3.8, 4) is 6.01 Å². The van der Waals surface area contributed by atoms with E-state index < -0.39 is 23.8 Å². The summed E-state index contributed by atoms with van der Waals surface area (Å²) in [6, 6.07) is 0.0832. The Labute approximate surface area is 76.7 Å². The van der Waals surface area contributed by atoms with E-state index in [9.17, 15) is 18.0 Å². The second kappa shape index (κ2) is 3.60. The van der Waals surface area contributed by atoms with Crippen molar-refractivity contribution < 1.29 is 22.7 Å². The predicted octanol–water partition coefficient (Wildman–Crippen LogP) is 1.42. The van der Waals surface area contributed by atoms with E-state index in [1.807, 2.05) is 0 Å². The molecule has 1 rings (SSSR count). The van der Waals surface area contributed by atoms with Gasteiger partial charge in [-0.1, -0.05) is 0 Å². The molecule has 0 atom stereocenters. The Morgan fingerprint density at radius 1 is 1.50 bits per heavy atom. The number of hydrogen-bond donors (Lipinski definition) is 0. The first kappa shape index (κ1) is 10.4. The first-order valence-corrected chi connectivity index (χ1v) is 3.48. The van der Waals surface area contributed by atoms with Crippen LogP contribution in [0.25, 0.3) is 0 Å². The van der Waals surface area contributed by atoms with Gasteiger partial charge in [-0.05, 0) is 6.07 Å². The molecule has 0 bridgehead atoms. The number of rotatable bonds is 1. The first-order chi connectivity index (χ1) is 6.39. The lowest BCUT2D eigenvalue weighted by Gasteiger charge is -2.05. The third kappa shape index (κ3) is 2.68. The van der Waals surface area contributed by atoms with Crippen molar-refractivity contribution >= 4 is 5.97 Å². The molecule has 0 aliphatic heterocycles. The highest BCUT2D eigenvalue weighted by Gasteiger charge is 2.33. The van der Waals surface area contributed by atoms with Crippen LogP contribution in [0.4, 0.5) is 13.2 Å². The Morgan fingerprint density at radius 2 is 2.14 bits per heavy atom. The van der Waals surface area contributed by atoms with Crippen molar-refractivity contribution in [3.05, 3.63) is 18.0 Å². The molecule has 1 aromatic heterocycles. The highest BCUT2D eigenvalue weighted by Crippen LogP contribution is 2.27. The normalized spacial score (nSPS) is 11.1. The lowest BCUT2D eigenvalue weighted by Crippen LogP contribution is -2.11. The van der Waals surface area contributed by atoms with Crippen LogP contribution in [-0.4, -0.2) is 15.9 Å². The zero-order valence-corrected chi connectivity index (χ0v) is 7.00. The number of alkyl halides is 3. The molecule has 1 aromatic rings. The molecule has 0 radical (unpaired) electrons. The average Bonchev–Trinajstić information content (AvgIpc) is 2.01. The van der Waals surface area contributed by atoms with Crippen LogP contribution in [0, 0.1) is 0 Å². The maximum absolute atomic E-state index is 12.1. The van der Waals surface area contributed by atoms with Gasteiger partial charge in [0, 0.05) is 13.1 Å². The summed E-state index contributed by atoms with van der Waals surface area (Å²) >= 11 is 0. The number of halogens is 3. The topological polar surface area (TPSA) is 52.1 Å². The third-order valence-corrected chi connectivity index (χ3v) is 1.16. The summed E-state index contributed by atoms with van der Waals surface area (Å²) in [5.41, 5.74) is -1.15. The minimum absolute atomic E-state index is 0.604. The molecule has 0 N–H and O–H groups in total. The molecule has 0 fully saturated rings. The minimum atomic E-state index is -4.57. The molecule has 0 unspecified atom stereocenters. The minimum Gasteiger partial charge on any atom is -0.391 e. The van der Waals surface area contributed by atoms with Crippen LogP contribution in [0.15, 0.2) is 12.3 Å². The SMILES string of the molecule is CC(=O)Oc1nccc(C(F)(F)F)n1. The lowest BCUT2D eigenvalue weighted by molar-refractivity contribution is -0.142. The van der Waals surface area contributed by atoms with Crippen LogP contribution >= 0.6 is 0 Å². The summed E-state index contributed by atoms with van der Waals surface area (Å²) in [5.74, 6) is -0.774. The second-order valence-corrected chi connectivity index (χ2v) is 2.32. The maximum atomic E-state index is 12.1. The Balaban J connectivity index is 2.95. The maximum Gasteiger partial charge on any atom is 0.433 e. The van der Waals surface area contributed by atoms with Gasteiger partial charge >= 0.3 is 18.2 Å². The van der Waals surface area contributed by atoms with Crippen LogP contribution in [0.5, 0.6) is 6.01 Å². The van der Waals surface area contributed by atoms with Gasteiger partial charge in [0.2, 0.25) is 0 Å². The largest absolute Gasteiger partial charge is 0.433 e. The molecule has 0 spiro atoms. The van der Waals surface area contributed by atoms with Gasteiger partial charge in [-0.25, -0.2) is 4.98 Å². The van der Waals surface area contributed by atoms with Gasteiger partial charge in [0.05, 0.1) is 0 Å². The Kier molecular flexibility index (Phi) is 2.68. The van der Waals surface area contributed by atoms with Crippen LogP contribution in [0.1, 0.15) is 12.6 Å². The standard InChI is InChI=1S/C7H5F3N2O2/c1-4(13)14-6-11-3-2-5(12-6)7(8,9)10/h2-3H,1H3. The highest BCUT2D eigenvalue weighted by atomic mass is 19.4. The van der Waals surface area contributed by atoms with Crippen molar-refractivity contribution in [2.24, 2.45) is 0 Å². The number of ether oxygens (including phenoxy) is 1. The lowest BCUT2D eigenvalue weighted by atomic mass is 10.4. The molecule has 7 heteroatoms. The van der Waals surface area contributed by atoms with Gasteiger partial charge in [0.25, 0.3) is 0 Å². The van der Waals surface area contributed by atoms with E-state index in [0.29, 0.717) is 6.07 Å². The van der Waals surface area contributed by atoms with Crippen LogP contribution in [0.2, 0.25) is 0 Å². The number of carbonyl (C=O) groups is 1. The summed E-state index contributed by atoms with van der Waals surface area (Å²) in [7, 11) is 0. The number of esters is 1. The zero-order chi connectivity index (χ0) is 10.8. The summed E-state index contributed by atoms with van der Waals surface area (Å²) < 4.78 is 40.5. The molecule has 14 heavy (non-hydrogen) atoms. The summed E-state index contributed by atoms with van der Waals surface area (Å²) in [5, 5.41) is 0. The van der Waals surface area contributed by atoms with Crippen molar-refractivity contribution in [1.82, 2.24) is 9.97 Å². The Hall–Kier alpha value is -1.66. The van der Waals surface area contributed by atoms with Gasteiger partial charge in [0.15, 0.2) is 5.69 Å². The van der Waals surface area contributed by atoms with Gasteiger partial charge in [-0.15, -0.1) is 0 Å². The second-order valence-electron chi connectivity index (χ2n) is 2.32. The van der Waals surface area contributed by atoms with Gasteiger partial charge in [-0.3, -0.25) is 4.79 Å². The van der Waals surface area contributed by atoms with E-state index in [2.05, 4.69) is 14.7 Å². The molecule has 0 saturated carbocycles. The van der Waals surface area contributed by atoms with Gasteiger partial charge < -0.3 is 4.74 Å². The molecule has 0 amide bonds. The molecule has 0 aromatic carbocycles.